The molecule has 0 heterocycles. The highest BCUT2D eigenvalue weighted by Crippen LogP contribution is 2.42. The molecule has 0 saturated heterocycles. The standard InChI is InChI=1S/C17H19N/c1-17(2,3)15-9-8-13-12-7-5-4-6-11(12)10-14(13)16(15)18/h4-9H,10,18H2,1-3H3. The summed E-state index contributed by atoms with van der Waals surface area (Å²) in [5.74, 6) is 0. The maximum absolute atomic E-state index is 6.40. The van der Waals surface area contributed by atoms with Crippen LogP contribution in [-0.2, 0) is 11.8 Å². The second kappa shape index (κ2) is 3.61. The van der Waals surface area contributed by atoms with Gasteiger partial charge in [-0.2, -0.15) is 0 Å². The molecule has 0 atom stereocenters. The Labute approximate surface area is 109 Å². The van der Waals surface area contributed by atoms with Crippen molar-refractivity contribution in [2.75, 3.05) is 5.73 Å². The summed E-state index contributed by atoms with van der Waals surface area (Å²) in [7, 11) is 0. The molecule has 0 fully saturated rings. The minimum absolute atomic E-state index is 0.105. The molecule has 0 aliphatic heterocycles. The van der Waals surface area contributed by atoms with E-state index in [2.05, 4.69) is 57.2 Å². The number of hydrogen-bond acceptors (Lipinski definition) is 1. The Kier molecular flexibility index (Phi) is 2.28. The van der Waals surface area contributed by atoms with Gasteiger partial charge >= 0.3 is 0 Å². The molecule has 1 aliphatic rings. The number of benzene rings is 2. The predicted octanol–water partition coefficient (Wildman–Crippen LogP) is 4.14. The lowest BCUT2D eigenvalue weighted by Crippen LogP contribution is -2.15. The Hall–Kier alpha value is -1.76. The Morgan fingerprint density at radius 1 is 0.944 bits per heavy atom. The summed E-state index contributed by atoms with van der Waals surface area (Å²) in [6.07, 6.45) is 0.973. The fourth-order valence-corrected chi connectivity index (χ4v) is 2.89. The molecule has 0 aromatic heterocycles. The number of fused-ring (bicyclic) bond motifs is 3. The van der Waals surface area contributed by atoms with Gasteiger partial charge in [0.15, 0.2) is 0 Å². The molecule has 0 saturated carbocycles. The molecule has 0 spiro atoms. The molecule has 1 heteroatoms. The first kappa shape index (κ1) is 11.3. The number of nitrogen functional groups attached to an aromatic ring is 1. The van der Waals surface area contributed by atoms with Crippen molar-refractivity contribution in [1.29, 1.82) is 0 Å². The highest BCUT2D eigenvalue weighted by Gasteiger charge is 2.25. The molecule has 0 unspecified atom stereocenters. The first-order valence-electron chi connectivity index (χ1n) is 6.48. The molecule has 1 nitrogen and oxygen atoms in total. The van der Waals surface area contributed by atoms with Crippen LogP contribution in [0.1, 0.15) is 37.5 Å². The van der Waals surface area contributed by atoms with E-state index in [-0.39, 0.29) is 5.41 Å². The summed E-state index contributed by atoms with van der Waals surface area (Å²) in [5, 5.41) is 0. The van der Waals surface area contributed by atoms with Crippen molar-refractivity contribution >= 4 is 5.69 Å². The number of rotatable bonds is 0. The van der Waals surface area contributed by atoms with Gasteiger partial charge in [-0.25, -0.2) is 0 Å². The molecule has 0 amide bonds. The predicted molar refractivity (Wildman–Crippen MR) is 77.8 cm³/mol. The molecule has 18 heavy (non-hydrogen) atoms. The van der Waals surface area contributed by atoms with E-state index in [9.17, 15) is 0 Å². The lowest BCUT2D eigenvalue weighted by Gasteiger charge is -2.23. The first-order chi connectivity index (χ1) is 8.48. The van der Waals surface area contributed by atoms with Gasteiger partial charge in [-0.1, -0.05) is 57.2 Å². The molecule has 1 aliphatic carbocycles. The average Bonchev–Trinajstić information content (AvgIpc) is 2.68. The van der Waals surface area contributed by atoms with Crippen molar-refractivity contribution in [3.63, 3.8) is 0 Å². The minimum Gasteiger partial charge on any atom is -0.398 e. The highest BCUT2D eigenvalue weighted by molar-refractivity contribution is 5.82. The van der Waals surface area contributed by atoms with Crippen molar-refractivity contribution in [2.45, 2.75) is 32.6 Å². The van der Waals surface area contributed by atoms with E-state index in [1.165, 1.54) is 27.8 Å². The third-order valence-electron chi connectivity index (χ3n) is 3.84. The van der Waals surface area contributed by atoms with Crippen LogP contribution in [0.4, 0.5) is 5.69 Å². The molecule has 0 bridgehead atoms. The van der Waals surface area contributed by atoms with E-state index >= 15 is 0 Å². The second-order valence-corrected chi connectivity index (χ2v) is 6.14. The maximum atomic E-state index is 6.40. The summed E-state index contributed by atoms with van der Waals surface area (Å²) in [6.45, 7) is 6.65. The van der Waals surface area contributed by atoms with Gasteiger partial charge < -0.3 is 5.73 Å². The van der Waals surface area contributed by atoms with Gasteiger partial charge in [0, 0.05) is 12.1 Å². The quantitative estimate of drug-likeness (QED) is 0.584. The Morgan fingerprint density at radius 3 is 2.39 bits per heavy atom. The zero-order chi connectivity index (χ0) is 12.9. The van der Waals surface area contributed by atoms with Crippen LogP contribution >= 0.6 is 0 Å². The molecule has 3 rings (SSSR count). The Morgan fingerprint density at radius 2 is 1.67 bits per heavy atom. The van der Waals surface area contributed by atoms with E-state index in [0.717, 1.165) is 12.1 Å². The van der Waals surface area contributed by atoms with Crippen molar-refractivity contribution in [2.24, 2.45) is 0 Å². The van der Waals surface area contributed by atoms with Crippen LogP contribution in [0, 0.1) is 0 Å². The summed E-state index contributed by atoms with van der Waals surface area (Å²) in [6, 6.07) is 13.0. The normalized spacial score (nSPS) is 13.3. The fourth-order valence-electron chi connectivity index (χ4n) is 2.89. The SMILES string of the molecule is CC(C)(C)c1ccc2c(c1N)Cc1ccccc1-2. The van der Waals surface area contributed by atoms with Crippen molar-refractivity contribution < 1.29 is 0 Å². The van der Waals surface area contributed by atoms with Crippen molar-refractivity contribution in [3.8, 4) is 11.1 Å². The minimum atomic E-state index is 0.105. The van der Waals surface area contributed by atoms with Crippen LogP contribution in [0.15, 0.2) is 36.4 Å². The van der Waals surface area contributed by atoms with Gasteiger partial charge in [0.2, 0.25) is 0 Å². The van der Waals surface area contributed by atoms with Crippen LogP contribution in [0.25, 0.3) is 11.1 Å². The topological polar surface area (TPSA) is 26.0 Å². The molecule has 2 aromatic rings. The largest absolute Gasteiger partial charge is 0.398 e. The molecule has 0 radical (unpaired) electrons. The van der Waals surface area contributed by atoms with Gasteiger partial charge in [-0.15, -0.1) is 0 Å². The van der Waals surface area contributed by atoms with Crippen LogP contribution in [-0.4, -0.2) is 0 Å². The zero-order valence-corrected chi connectivity index (χ0v) is 11.2. The van der Waals surface area contributed by atoms with E-state index in [4.69, 9.17) is 5.73 Å². The number of anilines is 1. The zero-order valence-electron chi connectivity index (χ0n) is 11.2. The third kappa shape index (κ3) is 1.54. The highest BCUT2D eigenvalue weighted by atomic mass is 14.6. The van der Waals surface area contributed by atoms with E-state index in [1.807, 2.05) is 0 Å². The van der Waals surface area contributed by atoms with Gasteiger partial charge in [0.05, 0.1) is 0 Å². The van der Waals surface area contributed by atoms with Gasteiger partial charge in [-0.3, -0.25) is 0 Å². The second-order valence-electron chi connectivity index (χ2n) is 6.14. The van der Waals surface area contributed by atoms with Crippen LogP contribution in [0.3, 0.4) is 0 Å². The van der Waals surface area contributed by atoms with Gasteiger partial charge in [0.1, 0.15) is 0 Å². The van der Waals surface area contributed by atoms with Crippen LogP contribution < -0.4 is 5.73 Å². The summed E-state index contributed by atoms with van der Waals surface area (Å²) >= 11 is 0. The first-order valence-corrected chi connectivity index (χ1v) is 6.48. The smallest absolute Gasteiger partial charge is 0.0394 e. The van der Waals surface area contributed by atoms with Crippen molar-refractivity contribution in [3.05, 3.63) is 53.1 Å². The summed E-state index contributed by atoms with van der Waals surface area (Å²) in [5.41, 5.74) is 14.1. The average molecular weight is 237 g/mol. The third-order valence-corrected chi connectivity index (χ3v) is 3.84. The van der Waals surface area contributed by atoms with Crippen LogP contribution in [0.2, 0.25) is 0 Å². The lowest BCUT2D eigenvalue weighted by atomic mass is 9.83. The van der Waals surface area contributed by atoms with E-state index in [1.54, 1.807) is 0 Å². The molecule has 92 valence electrons. The van der Waals surface area contributed by atoms with Gasteiger partial charge in [-0.05, 0) is 33.2 Å². The summed E-state index contributed by atoms with van der Waals surface area (Å²) in [4.78, 5) is 0. The Balaban J connectivity index is 2.22. The lowest BCUT2D eigenvalue weighted by molar-refractivity contribution is 0.592. The number of nitrogens with two attached hydrogens (primary N) is 1. The fraction of sp³-hybridized carbons (Fsp3) is 0.294. The number of hydrogen-bond donors (Lipinski definition) is 1. The monoisotopic (exact) mass is 237 g/mol. The van der Waals surface area contributed by atoms with Crippen LogP contribution in [0.5, 0.6) is 0 Å². The van der Waals surface area contributed by atoms with E-state index in [0.29, 0.717) is 0 Å². The maximum Gasteiger partial charge on any atom is 0.0394 e. The van der Waals surface area contributed by atoms with Gasteiger partial charge in [0.25, 0.3) is 0 Å². The molecular formula is C17H19N. The van der Waals surface area contributed by atoms with Crippen molar-refractivity contribution in [1.82, 2.24) is 0 Å². The molecule has 2 aromatic carbocycles. The Bertz CT molecular complexity index is 618. The summed E-state index contributed by atoms with van der Waals surface area (Å²) < 4.78 is 0. The molecular weight excluding hydrogens is 218 g/mol. The van der Waals surface area contributed by atoms with E-state index < -0.39 is 0 Å². The molecule has 2 N–H and O–H groups in total.